The Morgan fingerprint density at radius 3 is 2.48 bits per heavy atom. The second-order valence-corrected chi connectivity index (χ2v) is 10.0. The molecule has 6 nitrogen and oxygen atoms in total. The summed E-state index contributed by atoms with van der Waals surface area (Å²) in [6.07, 6.45) is 0.702. The van der Waals surface area contributed by atoms with Crippen molar-refractivity contribution in [2.45, 2.75) is 17.2 Å². The van der Waals surface area contributed by atoms with Gasteiger partial charge in [0.15, 0.2) is 5.75 Å². The fourth-order valence-corrected chi connectivity index (χ4v) is 4.68. The molecule has 3 aromatic rings. The topological polar surface area (TPSA) is 96.4 Å². The van der Waals surface area contributed by atoms with Crippen molar-refractivity contribution in [1.82, 2.24) is 0 Å². The number of rotatable bonds is 5. The summed E-state index contributed by atoms with van der Waals surface area (Å²) in [4.78, 5) is 2.09. The van der Waals surface area contributed by atoms with E-state index in [9.17, 15) is 13.7 Å². The Labute approximate surface area is 202 Å². The molecule has 1 atom stereocenters. The van der Waals surface area contributed by atoms with Gasteiger partial charge in [0.05, 0.1) is 20.5 Å². The summed E-state index contributed by atoms with van der Waals surface area (Å²) in [5.41, 5.74) is 3.03. The lowest BCUT2D eigenvalue weighted by atomic mass is 9.97. The first kappa shape index (κ1) is 23.1. The van der Waals surface area contributed by atoms with Crippen LogP contribution in [-0.2, 0) is 10.0 Å². The van der Waals surface area contributed by atoms with Crippen molar-refractivity contribution in [3.05, 3.63) is 94.1 Å². The molecule has 33 heavy (non-hydrogen) atoms. The fraction of sp³-hybridized carbons (Fsp3) is 0.125. The standard InChI is InChI=1S/C24H19Cl2N3O3S/c1-15-11-18(14-29(15)19-6-8-20(9-7-19)33(28,30)31)16-5-10-21(25)23(12-16)32-24-17(13-27)3-2-4-22(24)26/h2-10,12,18H,1,11,14H2,(H2,28,30,31)/t18-/m0/s1. The first-order chi connectivity index (χ1) is 15.7. The highest BCUT2D eigenvalue weighted by Gasteiger charge is 2.28. The van der Waals surface area contributed by atoms with Crippen LogP contribution in [-0.4, -0.2) is 15.0 Å². The molecule has 0 aliphatic carbocycles. The lowest BCUT2D eigenvalue weighted by Crippen LogP contribution is -2.18. The van der Waals surface area contributed by atoms with Crippen molar-refractivity contribution in [2.75, 3.05) is 11.4 Å². The molecule has 1 fully saturated rings. The van der Waals surface area contributed by atoms with E-state index < -0.39 is 10.0 Å². The number of nitriles is 1. The molecule has 1 heterocycles. The van der Waals surface area contributed by atoms with Gasteiger partial charge in [-0.2, -0.15) is 5.26 Å². The van der Waals surface area contributed by atoms with Crippen molar-refractivity contribution in [3.63, 3.8) is 0 Å². The van der Waals surface area contributed by atoms with Crippen LogP contribution in [0.1, 0.15) is 23.5 Å². The Balaban J connectivity index is 1.59. The van der Waals surface area contributed by atoms with Gasteiger partial charge in [0.25, 0.3) is 0 Å². The number of hydrogen-bond donors (Lipinski definition) is 1. The molecule has 3 aromatic carbocycles. The zero-order chi connectivity index (χ0) is 23.8. The van der Waals surface area contributed by atoms with E-state index in [1.807, 2.05) is 17.0 Å². The highest BCUT2D eigenvalue weighted by Crippen LogP contribution is 2.41. The van der Waals surface area contributed by atoms with E-state index in [1.54, 1.807) is 36.4 Å². The van der Waals surface area contributed by atoms with Gasteiger partial charge in [-0.25, -0.2) is 13.6 Å². The van der Waals surface area contributed by atoms with E-state index in [0.29, 0.717) is 34.3 Å². The van der Waals surface area contributed by atoms with Gasteiger partial charge in [-0.1, -0.05) is 41.9 Å². The molecular weight excluding hydrogens is 481 g/mol. The van der Waals surface area contributed by atoms with Crippen molar-refractivity contribution >= 4 is 38.9 Å². The minimum atomic E-state index is -3.75. The predicted octanol–water partition coefficient (Wildman–Crippen LogP) is 5.81. The number of primary sulfonamides is 1. The number of halogens is 2. The van der Waals surface area contributed by atoms with Gasteiger partial charge >= 0.3 is 0 Å². The molecule has 1 saturated heterocycles. The van der Waals surface area contributed by atoms with Crippen LogP contribution in [0.5, 0.6) is 11.5 Å². The zero-order valence-electron chi connectivity index (χ0n) is 17.3. The molecule has 2 N–H and O–H groups in total. The minimum Gasteiger partial charge on any atom is -0.453 e. The third-order valence-electron chi connectivity index (χ3n) is 5.47. The van der Waals surface area contributed by atoms with Crippen LogP contribution >= 0.6 is 23.2 Å². The monoisotopic (exact) mass is 499 g/mol. The summed E-state index contributed by atoms with van der Waals surface area (Å²) in [6, 6.07) is 18.9. The van der Waals surface area contributed by atoms with Crippen molar-refractivity contribution in [1.29, 1.82) is 5.26 Å². The van der Waals surface area contributed by atoms with E-state index in [-0.39, 0.29) is 16.6 Å². The van der Waals surface area contributed by atoms with Gasteiger partial charge in [-0.15, -0.1) is 0 Å². The van der Waals surface area contributed by atoms with Crippen molar-refractivity contribution in [2.24, 2.45) is 5.14 Å². The number of allylic oxidation sites excluding steroid dienone is 1. The highest BCUT2D eigenvalue weighted by atomic mass is 35.5. The van der Waals surface area contributed by atoms with Crippen LogP contribution < -0.4 is 14.8 Å². The van der Waals surface area contributed by atoms with Gasteiger partial charge in [-0.3, -0.25) is 0 Å². The predicted molar refractivity (Wildman–Crippen MR) is 129 cm³/mol. The van der Waals surface area contributed by atoms with Crippen molar-refractivity contribution in [3.8, 4) is 17.6 Å². The number of ether oxygens (including phenoxy) is 1. The Morgan fingerprint density at radius 1 is 1.09 bits per heavy atom. The number of nitrogens with two attached hydrogens (primary N) is 1. The van der Waals surface area contributed by atoms with Crippen molar-refractivity contribution < 1.29 is 13.2 Å². The molecule has 0 bridgehead atoms. The van der Waals surface area contributed by atoms with E-state index in [0.717, 1.165) is 16.9 Å². The fourth-order valence-electron chi connectivity index (χ4n) is 3.80. The number of hydrogen-bond acceptors (Lipinski definition) is 5. The summed E-state index contributed by atoms with van der Waals surface area (Å²) in [6.45, 7) is 4.82. The van der Waals surface area contributed by atoms with E-state index >= 15 is 0 Å². The van der Waals surface area contributed by atoms with Crippen LogP contribution in [0.15, 0.2) is 77.8 Å². The molecule has 0 saturated carbocycles. The molecule has 0 aromatic heterocycles. The molecule has 9 heteroatoms. The zero-order valence-corrected chi connectivity index (χ0v) is 19.7. The van der Waals surface area contributed by atoms with Gasteiger partial charge in [0, 0.05) is 23.8 Å². The molecule has 0 spiro atoms. The van der Waals surface area contributed by atoms with Crippen LogP contribution in [0.2, 0.25) is 10.0 Å². The largest absolute Gasteiger partial charge is 0.453 e. The first-order valence-electron chi connectivity index (χ1n) is 9.91. The van der Waals surface area contributed by atoms with E-state index in [1.165, 1.54) is 12.1 Å². The third kappa shape index (κ3) is 4.85. The lowest BCUT2D eigenvalue weighted by Gasteiger charge is -2.20. The summed E-state index contributed by atoms with van der Waals surface area (Å²) < 4.78 is 29.0. The van der Waals surface area contributed by atoms with E-state index in [4.69, 9.17) is 33.1 Å². The quantitative estimate of drug-likeness (QED) is 0.477. The van der Waals surface area contributed by atoms with Crippen LogP contribution in [0.25, 0.3) is 0 Å². The number of para-hydroxylation sites is 1. The second-order valence-electron chi connectivity index (χ2n) is 7.64. The molecule has 0 radical (unpaired) electrons. The van der Waals surface area contributed by atoms with Gasteiger partial charge in [0.1, 0.15) is 11.8 Å². The molecular formula is C24H19Cl2N3O3S. The average molecular weight is 500 g/mol. The summed E-state index contributed by atoms with van der Waals surface area (Å²) in [5, 5.41) is 15.3. The summed E-state index contributed by atoms with van der Waals surface area (Å²) >= 11 is 12.6. The molecule has 0 unspecified atom stereocenters. The number of anilines is 1. The van der Waals surface area contributed by atoms with Crippen LogP contribution in [0.3, 0.4) is 0 Å². The van der Waals surface area contributed by atoms with Crippen LogP contribution in [0.4, 0.5) is 5.69 Å². The average Bonchev–Trinajstić information content (AvgIpc) is 3.17. The molecule has 1 aliphatic heterocycles. The normalized spacial score (nSPS) is 16.0. The molecule has 168 valence electrons. The highest BCUT2D eigenvalue weighted by molar-refractivity contribution is 7.89. The number of nitrogens with zero attached hydrogens (tertiary/aromatic N) is 2. The SMILES string of the molecule is C=C1C[C@H](c2ccc(Cl)c(Oc3c(Cl)cccc3C#N)c2)CN1c1ccc(S(N)(=O)=O)cc1. The third-order valence-corrected chi connectivity index (χ3v) is 7.01. The van der Waals surface area contributed by atoms with Gasteiger partial charge in [-0.05, 0) is 60.5 Å². The van der Waals surface area contributed by atoms with Gasteiger partial charge in [0.2, 0.25) is 10.0 Å². The Morgan fingerprint density at radius 2 is 1.82 bits per heavy atom. The lowest BCUT2D eigenvalue weighted by molar-refractivity contribution is 0.480. The smallest absolute Gasteiger partial charge is 0.238 e. The Hall–Kier alpha value is -3.02. The van der Waals surface area contributed by atoms with Gasteiger partial charge < -0.3 is 9.64 Å². The first-order valence-corrected chi connectivity index (χ1v) is 12.2. The van der Waals surface area contributed by atoms with Crippen LogP contribution in [0, 0.1) is 11.3 Å². The molecule has 0 amide bonds. The Bertz CT molecular complexity index is 1380. The second kappa shape index (κ2) is 9.08. The molecule has 4 rings (SSSR count). The summed E-state index contributed by atoms with van der Waals surface area (Å²) in [7, 11) is -3.75. The maximum Gasteiger partial charge on any atom is 0.238 e. The maximum atomic E-state index is 11.5. The summed E-state index contributed by atoms with van der Waals surface area (Å²) in [5.74, 6) is 0.769. The Kier molecular flexibility index (Phi) is 6.37. The minimum absolute atomic E-state index is 0.0587. The number of benzene rings is 3. The number of sulfonamides is 1. The van der Waals surface area contributed by atoms with E-state index in [2.05, 4.69) is 12.6 Å². The molecule has 1 aliphatic rings. The maximum absolute atomic E-state index is 11.5.